The molecule has 0 aliphatic carbocycles. The minimum atomic E-state index is -0.186. The predicted molar refractivity (Wildman–Crippen MR) is 76.3 cm³/mol. The number of nitrogens with one attached hydrogen (secondary N) is 1. The molecule has 2 N–H and O–H groups in total. The van der Waals surface area contributed by atoms with E-state index in [9.17, 15) is 4.79 Å². The number of anilines is 1. The molecule has 19 heavy (non-hydrogen) atoms. The molecular weight excluding hydrogens is 242 g/mol. The number of nitrogens with zero attached hydrogens (tertiary/aromatic N) is 2. The maximum atomic E-state index is 11.9. The van der Waals surface area contributed by atoms with Gasteiger partial charge in [-0.2, -0.15) is 0 Å². The molecule has 1 rings (SSSR count). The van der Waals surface area contributed by atoms with Crippen molar-refractivity contribution >= 4 is 11.6 Å². The van der Waals surface area contributed by atoms with Gasteiger partial charge in [0.05, 0.1) is 0 Å². The van der Waals surface area contributed by atoms with Crippen LogP contribution in [0.4, 0.5) is 5.69 Å². The van der Waals surface area contributed by atoms with Crippen LogP contribution in [0.5, 0.6) is 0 Å². The van der Waals surface area contributed by atoms with Gasteiger partial charge in [0.1, 0.15) is 5.69 Å². The lowest BCUT2D eigenvalue weighted by Gasteiger charge is -2.30. The van der Waals surface area contributed by atoms with Gasteiger partial charge in [-0.05, 0) is 31.9 Å². The smallest absolute Gasteiger partial charge is 0.272 e. The van der Waals surface area contributed by atoms with Crippen LogP contribution in [-0.4, -0.2) is 47.1 Å². The third-order valence-electron chi connectivity index (χ3n) is 3.28. The highest BCUT2D eigenvalue weighted by Gasteiger charge is 2.21. The summed E-state index contributed by atoms with van der Waals surface area (Å²) in [5, 5.41) is 12.5. The summed E-state index contributed by atoms with van der Waals surface area (Å²) in [6.45, 7) is 4.25. The quantitative estimate of drug-likeness (QED) is 0.822. The lowest BCUT2D eigenvalue weighted by molar-refractivity contribution is 0.0822. The summed E-state index contributed by atoms with van der Waals surface area (Å²) in [5.41, 5.74) is 1.07. The van der Waals surface area contributed by atoms with Crippen LogP contribution in [0.2, 0.25) is 0 Å². The van der Waals surface area contributed by atoms with Crippen molar-refractivity contribution in [3.8, 4) is 0 Å². The normalized spacial score (nSPS) is 13.7. The molecule has 0 saturated carbocycles. The van der Waals surface area contributed by atoms with Gasteiger partial charge in [0.25, 0.3) is 5.91 Å². The Bertz CT molecular complexity index is 434. The van der Waals surface area contributed by atoms with E-state index in [1.165, 1.54) is 4.90 Å². The van der Waals surface area contributed by atoms with Crippen molar-refractivity contribution in [2.75, 3.05) is 26.0 Å². The van der Waals surface area contributed by atoms with Crippen molar-refractivity contribution in [1.29, 1.82) is 0 Å². The largest absolute Gasteiger partial charge is 0.396 e. The molecule has 1 heterocycles. The van der Waals surface area contributed by atoms with Crippen LogP contribution in [0, 0.1) is 0 Å². The van der Waals surface area contributed by atoms with Gasteiger partial charge >= 0.3 is 0 Å². The molecule has 5 nitrogen and oxygen atoms in total. The van der Waals surface area contributed by atoms with Crippen molar-refractivity contribution < 1.29 is 9.90 Å². The predicted octanol–water partition coefficient (Wildman–Crippen LogP) is 1.75. The third-order valence-corrected chi connectivity index (χ3v) is 3.28. The molecule has 5 heteroatoms. The number of aliphatic hydroxyl groups excluding tert-OH is 1. The van der Waals surface area contributed by atoms with E-state index in [0.29, 0.717) is 12.1 Å². The zero-order valence-corrected chi connectivity index (χ0v) is 12.1. The minimum absolute atomic E-state index is 0.121. The number of carbonyl (C=O) groups excluding carboxylic acids is 1. The van der Waals surface area contributed by atoms with Gasteiger partial charge in [0, 0.05) is 38.1 Å². The van der Waals surface area contributed by atoms with Crippen LogP contribution in [0.25, 0.3) is 0 Å². The summed E-state index contributed by atoms with van der Waals surface area (Å²) in [5.74, 6) is -0.121. The molecule has 0 spiro atoms. The number of aliphatic hydroxyl groups is 1. The SMILES string of the molecule is CCC(C)(CCO)Nc1ccnc(C(=O)N(C)C)c1. The molecule has 0 aromatic carbocycles. The molecule has 0 aliphatic heterocycles. The average Bonchev–Trinajstić information content (AvgIpc) is 2.38. The molecule has 1 unspecified atom stereocenters. The van der Waals surface area contributed by atoms with Crippen LogP contribution < -0.4 is 5.32 Å². The highest BCUT2D eigenvalue weighted by Crippen LogP contribution is 2.22. The molecule has 0 radical (unpaired) electrons. The van der Waals surface area contributed by atoms with E-state index in [1.54, 1.807) is 26.4 Å². The Hall–Kier alpha value is -1.62. The Morgan fingerprint density at radius 1 is 1.53 bits per heavy atom. The van der Waals surface area contributed by atoms with E-state index < -0.39 is 0 Å². The monoisotopic (exact) mass is 265 g/mol. The second-order valence-electron chi connectivity index (χ2n) is 5.14. The first-order chi connectivity index (χ1) is 8.91. The molecule has 0 bridgehead atoms. The molecule has 1 atom stereocenters. The summed E-state index contributed by atoms with van der Waals surface area (Å²) in [7, 11) is 3.40. The van der Waals surface area contributed by atoms with E-state index >= 15 is 0 Å². The minimum Gasteiger partial charge on any atom is -0.396 e. The van der Waals surface area contributed by atoms with Gasteiger partial charge in [0.15, 0.2) is 0 Å². The molecule has 1 aromatic heterocycles. The molecule has 1 aromatic rings. The molecule has 1 amide bonds. The van der Waals surface area contributed by atoms with Crippen LogP contribution in [0.3, 0.4) is 0 Å². The van der Waals surface area contributed by atoms with Crippen molar-refractivity contribution in [1.82, 2.24) is 9.88 Å². The van der Waals surface area contributed by atoms with Crippen LogP contribution in [0.15, 0.2) is 18.3 Å². The lowest BCUT2D eigenvalue weighted by Crippen LogP contribution is -2.35. The van der Waals surface area contributed by atoms with Gasteiger partial charge in [-0.25, -0.2) is 0 Å². The van der Waals surface area contributed by atoms with Gasteiger partial charge in [-0.15, -0.1) is 0 Å². The van der Waals surface area contributed by atoms with Crippen molar-refractivity contribution in [2.24, 2.45) is 0 Å². The molecule has 106 valence electrons. The number of aromatic nitrogens is 1. The summed E-state index contributed by atoms with van der Waals surface area (Å²) < 4.78 is 0. The number of pyridine rings is 1. The molecule has 0 saturated heterocycles. The number of rotatable bonds is 6. The average molecular weight is 265 g/mol. The summed E-state index contributed by atoms with van der Waals surface area (Å²) in [6, 6.07) is 3.57. The second-order valence-corrected chi connectivity index (χ2v) is 5.14. The van der Waals surface area contributed by atoms with Gasteiger partial charge in [-0.3, -0.25) is 9.78 Å². The zero-order valence-electron chi connectivity index (χ0n) is 12.1. The highest BCUT2D eigenvalue weighted by molar-refractivity contribution is 5.92. The number of hydrogen-bond donors (Lipinski definition) is 2. The van der Waals surface area contributed by atoms with Crippen LogP contribution >= 0.6 is 0 Å². The first kappa shape index (κ1) is 15.4. The van der Waals surface area contributed by atoms with E-state index in [4.69, 9.17) is 5.11 Å². The fraction of sp³-hybridized carbons (Fsp3) is 0.571. The van der Waals surface area contributed by atoms with Crippen LogP contribution in [-0.2, 0) is 0 Å². The van der Waals surface area contributed by atoms with E-state index in [2.05, 4.69) is 24.1 Å². The Kier molecular flexibility index (Phi) is 5.30. The Morgan fingerprint density at radius 2 is 2.21 bits per heavy atom. The van der Waals surface area contributed by atoms with Gasteiger partial charge < -0.3 is 15.3 Å². The first-order valence-electron chi connectivity index (χ1n) is 6.48. The molecule has 0 fully saturated rings. The number of hydrogen-bond acceptors (Lipinski definition) is 4. The lowest BCUT2D eigenvalue weighted by atomic mass is 9.94. The van der Waals surface area contributed by atoms with Crippen molar-refractivity contribution in [3.05, 3.63) is 24.0 Å². The standard InChI is InChI=1S/C14H23N3O2/c1-5-14(2,7-9-18)16-11-6-8-15-12(10-11)13(19)17(3)4/h6,8,10,18H,5,7,9H2,1-4H3,(H,15,16). The van der Waals surface area contributed by atoms with Crippen LogP contribution in [0.1, 0.15) is 37.2 Å². The topological polar surface area (TPSA) is 65.5 Å². The van der Waals surface area contributed by atoms with Gasteiger partial charge in [-0.1, -0.05) is 6.92 Å². The summed E-state index contributed by atoms with van der Waals surface area (Å²) in [4.78, 5) is 17.4. The highest BCUT2D eigenvalue weighted by atomic mass is 16.3. The van der Waals surface area contributed by atoms with Crippen molar-refractivity contribution in [2.45, 2.75) is 32.2 Å². The summed E-state index contributed by atoms with van der Waals surface area (Å²) >= 11 is 0. The van der Waals surface area contributed by atoms with E-state index in [1.807, 2.05) is 6.07 Å². The van der Waals surface area contributed by atoms with E-state index in [0.717, 1.165) is 12.1 Å². The fourth-order valence-electron chi connectivity index (χ4n) is 1.78. The molecule has 0 aliphatic rings. The molecular formula is C14H23N3O2. The van der Waals surface area contributed by atoms with Gasteiger partial charge in [0.2, 0.25) is 0 Å². The zero-order chi connectivity index (χ0) is 14.5. The Balaban J connectivity index is 2.90. The number of carbonyl (C=O) groups is 1. The van der Waals surface area contributed by atoms with E-state index in [-0.39, 0.29) is 18.1 Å². The first-order valence-corrected chi connectivity index (χ1v) is 6.48. The Morgan fingerprint density at radius 3 is 2.74 bits per heavy atom. The third kappa shape index (κ3) is 4.21. The maximum Gasteiger partial charge on any atom is 0.272 e. The Labute approximate surface area is 114 Å². The fourth-order valence-corrected chi connectivity index (χ4v) is 1.78. The number of amides is 1. The summed E-state index contributed by atoms with van der Waals surface area (Å²) in [6.07, 6.45) is 3.16. The maximum absolute atomic E-state index is 11.9. The second kappa shape index (κ2) is 6.52. The van der Waals surface area contributed by atoms with Crippen molar-refractivity contribution in [3.63, 3.8) is 0 Å².